The monoisotopic (exact) mass is 317 g/mol. The third kappa shape index (κ3) is 1.59. The maximum atomic E-state index is 12.7. The first-order valence-electron chi connectivity index (χ1n) is 6.78. The van der Waals surface area contributed by atoms with E-state index in [0.29, 0.717) is 28.5 Å². The van der Waals surface area contributed by atoms with E-state index in [1.807, 2.05) is 4.57 Å². The first kappa shape index (κ1) is 13.1. The van der Waals surface area contributed by atoms with Crippen LogP contribution in [0.1, 0.15) is 34.2 Å². The topological polar surface area (TPSA) is 96.7 Å². The van der Waals surface area contributed by atoms with Crippen molar-refractivity contribution in [3.05, 3.63) is 46.5 Å². The van der Waals surface area contributed by atoms with Crippen LogP contribution >= 0.6 is 11.6 Å². The molecule has 0 aliphatic carbocycles. The summed E-state index contributed by atoms with van der Waals surface area (Å²) >= 11 is 6.03. The highest BCUT2D eigenvalue weighted by molar-refractivity contribution is 6.31. The first-order valence-corrected chi connectivity index (χ1v) is 7.15. The average Bonchev–Trinajstić information content (AvgIpc) is 2.87. The van der Waals surface area contributed by atoms with Crippen LogP contribution < -0.4 is 5.73 Å². The zero-order valence-corrected chi connectivity index (χ0v) is 12.2. The van der Waals surface area contributed by atoms with Crippen LogP contribution in [-0.4, -0.2) is 37.9 Å². The summed E-state index contributed by atoms with van der Waals surface area (Å²) in [6.07, 6.45) is 2.40. The molecule has 2 aromatic rings. The molecule has 3 heterocycles. The number of amidine groups is 1. The number of imidazole rings is 1. The van der Waals surface area contributed by atoms with Crippen molar-refractivity contribution < 1.29 is 10.0 Å². The van der Waals surface area contributed by atoms with Gasteiger partial charge in [0.2, 0.25) is 0 Å². The van der Waals surface area contributed by atoms with Crippen LogP contribution in [0.2, 0.25) is 5.02 Å². The van der Waals surface area contributed by atoms with E-state index in [1.165, 1.54) is 0 Å². The maximum absolute atomic E-state index is 12.7. The number of halogens is 1. The van der Waals surface area contributed by atoms with E-state index in [-0.39, 0.29) is 17.8 Å². The van der Waals surface area contributed by atoms with Gasteiger partial charge in [-0.15, -0.1) is 0 Å². The highest BCUT2D eigenvalue weighted by atomic mass is 35.5. The number of fused-ring (bicyclic) bond motifs is 5. The molecule has 1 amide bonds. The van der Waals surface area contributed by atoms with Gasteiger partial charge >= 0.3 is 0 Å². The summed E-state index contributed by atoms with van der Waals surface area (Å²) in [5, 5.41) is 12.5. The number of carbonyl (C=O) groups excluding carboxylic acids is 1. The second kappa shape index (κ2) is 4.48. The van der Waals surface area contributed by atoms with Crippen molar-refractivity contribution in [2.75, 3.05) is 6.54 Å². The SMILES string of the molecule is NC(=NO)c1ncn2c1C1CCN1C(=O)c1cc(Cl)ccc1-2. The lowest BCUT2D eigenvalue weighted by Crippen LogP contribution is -2.45. The lowest BCUT2D eigenvalue weighted by Gasteiger charge is -2.39. The number of aromatic nitrogens is 2. The van der Waals surface area contributed by atoms with Gasteiger partial charge in [-0.3, -0.25) is 9.36 Å². The fourth-order valence-corrected chi connectivity index (χ4v) is 3.24. The Hall–Kier alpha value is -2.54. The van der Waals surface area contributed by atoms with Gasteiger partial charge in [0.15, 0.2) is 5.84 Å². The minimum absolute atomic E-state index is 0.0644. The number of amides is 1. The van der Waals surface area contributed by atoms with E-state index in [2.05, 4.69) is 10.1 Å². The van der Waals surface area contributed by atoms with E-state index < -0.39 is 0 Å². The molecule has 4 rings (SSSR count). The summed E-state index contributed by atoms with van der Waals surface area (Å²) in [7, 11) is 0. The Morgan fingerprint density at radius 2 is 2.32 bits per heavy atom. The fraction of sp³-hybridized carbons (Fsp3) is 0.214. The Balaban J connectivity index is 2.02. The van der Waals surface area contributed by atoms with Crippen LogP contribution in [0.25, 0.3) is 5.69 Å². The minimum atomic E-state index is -0.128. The molecular formula is C14H12ClN5O2. The van der Waals surface area contributed by atoms with Gasteiger partial charge < -0.3 is 15.8 Å². The Bertz CT molecular complexity index is 829. The van der Waals surface area contributed by atoms with E-state index >= 15 is 0 Å². The summed E-state index contributed by atoms with van der Waals surface area (Å²) in [5.74, 6) is -0.131. The predicted octanol–water partition coefficient (Wildman–Crippen LogP) is 1.52. The summed E-state index contributed by atoms with van der Waals surface area (Å²) in [6.45, 7) is 0.663. The van der Waals surface area contributed by atoms with Gasteiger partial charge in [-0.25, -0.2) is 4.98 Å². The highest BCUT2D eigenvalue weighted by Gasteiger charge is 2.42. The zero-order chi connectivity index (χ0) is 15.4. The normalized spacial score (nSPS) is 19.9. The van der Waals surface area contributed by atoms with Crippen LogP contribution in [-0.2, 0) is 0 Å². The largest absolute Gasteiger partial charge is 0.409 e. The molecule has 112 valence electrons. The smallest absolute Gasteiger partial charge is 0.256 e. The summed E-state index contributed by atoms with van der Waals surface area (Å²) in [5.41, 5.74) is 8.10. The van der Waals surface area contributed by atoms with Gasteiger partial charge in [0, 0.05) is 11.6 Å². The molecular weight excluding hydrogens is 306 g/mol. The zero-order valence-electron chi connectivity index (χ0n) is 11.4. The van der Waals surface area contributed by atoms with Gasteiger partial charge in [0.25, 0.3) is 5.91 Å². The Labute approximate surface area is 130 Å². The van der Waals surface area contributed by atoms with Gasteiger partial charge in [-0.1, -0.05) is 16.8 Å². The van der Waals surface area contributed by atoms with E-state index in [4.69, 9.17) is 22.5 Å². The van der Waals surface area contributed by atoms with Crippen molar-refractivity contribution in [2.24, 2.45) is 10.9 Å². The number of hydrogen-bond donors (Lipinski definition) is 2. The lowest BCUT2D eigenvalue weighted by molar-refractivity contribution is 0.0460. The quantitative estimate of drug-likeness (QED) is 0.361. The van der Waals surface area contributed by atoms with Crippen LogP contribution in [0.15, 0.2) is 29.7 Å². The van der Waals surface area contributed by atoms with E-state index in [9.17, 15) is 4.79 Å². The van der Waals surface area contributed by atoms with Crippen LogP contribution in [0.4, 0.5) is 0 Å². The third-order valence-corrected chi connectivity index (χ3v) is 4.43. The van der Waals surface area contributed by atoms with Crippen molar-refractivity contribution >= 4 is 23.3 Å². The molecule has 0 bridgehead atoms. The van der Waals surface area contributed by atoms with Crippen LogP contribution in [0.3, 0.4) is 0 Å². The van der Waals surface area contributed by atoms with Gasteiger partial charge in [-0.2, -0.15) is 0 Å². The molecule has 1 atom stereocenters. The molecule has 8 heteroatoms. The number of nitrogens with two attached hydrogens (primary N) is 1. The van der Waals surface area contributed by atoms with E-state index in [1.54, 1.807) is 29.4 Å². The number of nitrogens with zero attached hydrogens (tertiary/aromatic N) is 4. The number of carbonyl (C=O) groups is 1. The molecule has 2 aliphatic heterocycles. The summed E-state index contributed by atoms with van der Waals surface area (Å²) in [6, 6.07) is 5.04. The van der Waals surface area contributed by atoms with Gasteiger partial charge in [0.1, 0.15) is 12.0 Å². The number of benzene rings is 1. The van der Waals surface area contributed by atoms with Crippen molar-refractivity contribution in [2.45, 2.75) is 12.5 Å². The molecule has 0 saturated carbocycles. The van der Waals surface area contributed by atoms with Crippen molar-refractivity contribution in [1.82, 2.24) is 14.5 Å². The Kier molecular flexibility index (Phi) is 2.67. The fourth-order valence-electron chi connectivity index (χ4n) is 3.07. The second-order valence-corrected chi connectivity index (χ2v) is 5.73. The molecule has 1 aromatic carbocycles. The number of rotatable bonds is 1. The van der Waals surface area contributed by atoms with Crippen LogP contribution in [0.5, 0.6) is 0 Å². The summed E-state index contributed by atoms with van der Waals surface area (Å²) < 4.78 is 1.82. The van der Waals surface area contributed by atoms with Crippen molar-refractivity contribution in [1.29, 1.82) is 0 Å². The van der Waals surface area contributed by atoms with Gasteiger partial charge in [0.05, 0.1) is 23.0 Å². The molecule has 3 N–H and O–H groups in total. The molecule has 1 saturated heterocycles. The maximum Gasteiger partial charge on any atom is 0.256 e. The molecule has 0 radical (unpaired) electrons. The molecule has 2 aliphatic rings. The Morgan fingerprint density at radius 3 is 3.00 bits per heavy atom. The predicted molar refractivity (Wildman–Crippen MR) is 79.5 cm³/mol. The van der Waals surface area contributed by atoms with Crippen molar-refractivity contribution in [3.8, 4) is 5.69 Å². The number of hydrogen-bond acceptors (Lipinski definition) is 4. The first-order chi connectivity index (χ1) is 10.6. The van der Waals surface area contributed by atoms with Gasteiger partial charge in [-0.05, 0) is 24.6 Å². The molecule has 7 nitrogen and oxygen atoms in total. The molecule has 0 spiro atoms. The minimum Gasteiger partial charge on any atom is -0.409 e. The lowest BCUT2D eigenvalue weighted by atomic mass is 9.97. The average molecular weight is 318 g/mol. The molecule has 1 unspecified atom stereocenters. The van der Waals surface area contributed by atoms with Crippen LogP contribution in [0, 0.1) is 0 Å². The third-order valence-electron chi connectivity index (χ3n) is 4.20. The van der Waals surface area contributed by atoms with Crippen molar-refractivity contribution in [3.63, 3.8) is 0 Å². The second-order valence-electron chi connectivity index (χ2n) is 5.30. The number of oxime groups is 1. The Morgan fingerprint density at radius 1 is 1.50 bits per heavy atom. The molecule has 22 heavy (non-hydrogen) atoms. The van der Waals surface area contributed by atoms with E-state index in [0.717, 1.165) is 12.1 Å². The summed E-state index contributed by atoms with van der Waals surface area (Å²) in [4.78, 5) is 18.7. The highest BCUT2D eigenvalue weighted by Crippen LogP contribution is 2.41. The standard InChI is InChI=1S/C14H12ClN5O2/c15-7-1-2-9-8(5-7)14(21)19-4-3-10(19)12-11(13(16)18-22)17-6-20(9)12/h1-2,5-6,10,22H,3-4H2,(H2,16,18). The molecule has 1 fully saturated rings. The molecule has 1 aromatic heterocycles.